The smallest absolute Gasteiger partial charge is 0.289 e. The van der Waals surface area contributed by atoms with Gasteiger partial charge in [0.25, 0.3) is 5.91 Å². The van der Waals surface area contributed by atoms with Crippen LogP contribution in [-0.2, 0) is 0 Å². The van der Waals surface area contributed by atoms with Gasteiger partial charge in [-0.25, -0.2) is 0 Å². The molecule has 66 valence electrons. The Morgan fingerprint density at radius 3 is 2.33 bits per heavy atom. The van der Waals surface area contributed by atoms with Crippen molar-refractivity contribution in [2.24, 2.45) is 0 Å². The first kappa shape index (κ1) is 8.84. The average molecular weight is 167 g/mol. The maximum absolute atomic E-state index is 11.4. The van der Waals surface area contributed by atoms with E-state index in [2.05, 4.69) is 0 Å². The zero-order valence-electron chi connectivity index (χ0n) is 7.84. The molecule has 0 saturated heterocycles. The van der Waals surface area contributed by atoms with Crippen molar-refractivity contribution in [1.29, 1.82) is 0 Å². The van der Waals surface area contributed by atoms with Gasteiger partial charge in [0.1, 0.15) is 5.76 Å². The molecule has 1 aromatic rings. The number of nitrogens with zero attached hydrogens (tertiary/aromatic N) is 1. The van der Waals surface area contributed by atoms with Crippen molar-refractivity contribution < 1.29 is 9.21 Å². The summed E-state index contributed by atoms with van der Waals surface area (Å²) in [5, 5.41) is 0. The number of rotatable bonds is 1. The van der Waals surface area contributed by atoms with Crippen LogP contribution in [0.1, 0.15) is 21.9 Å². The Bertz CT molecular complexity index is 299. The van der Waals surface area contributed by atoms with Crippen LogP contribution in [0.4, 0.5) is 0 Å². The van der Waals surface area contributed by atoms with Gasteiger partial charge in [0.15, 0.2) is 5.76 Å². The fourth-order valence-electron chi connectivity index (χ4n) is 1.06. The Morgan fingerprint density at radius 2 is 2.00 bits per heavy atom. The summed E-state index contributed by atoms with van der Waals surface area (Å²) in [6, 6.07) is 1.86. The van der Waals surface area contributed by atoms with Crippen LogP contribution in [-0.4, -0.2) is 24.9 Å². The van der Waals surface area contributed by atoms with Gasteiger partial charge in [-0.05, 0) is 19.9 Å². The van der Waals surface area contributed by atoms with Crippen LogP contribution < -0.4 is 0 Å². The van der Waals surface area contributed by atoms with E-state index in [1.54, 1.807) is 14.1 Å². The van der Waals surface area contributed by atoms with Gasteiger partial charge in [0, 0.05) is 19.7 Å². The summed E-state index contributed by atoms with van der Waals surface area (Å²) in [6.07, 6.45) is 0. The van der Waals surface area contributed by atoms with Gasteiger partial charge >= 0.3 is 0 Å². The van der Waals surface area contributed by atoms with Crippen LogP contribution in [0, 0.1) is 13.8 Å². The lowest BCUT2D eigenvalue weighted by Gasteiger charge is -2.07. The maximum atomic E-state index is 11.4. The summed E-state index contributed by atoms with van der Waals surface area (Å²) in [4.78, 5) is 12.9. The van der Waals surface area contributed by atoms with E-state index in [0.717, 1.165) is 11.3 Å². The summed E-state index contributed by atoms with van der Waals surface area (Å²) < 4.78 is 5.25. The minimum Gasteiger partial charge on any atom is -0.456 e. The van der Waals surface area contributed by atoms with Crippen LogP contribution >= 0.6 is 0 Å². The average Bonchev–Trinajstić information content (AvgIpc) is 2.28. The third kappa shape index (κ3) is 1.49. The molecule has 0 aliphatic carbocycles. The molecule has 0 N–H and O–H groups in total. The molecule has 0 aromatic carbocycles. The highest BCUT2D eigenvalue weighted by Gasteiger charge is 2.15. The van der Waals surface area contributed by atoms with Gasteiger partial charge in [0.05, 0.1) is 0 Å². The highest BCUT2D eigenvalue weighted by atomic mass is 16.4. The minimum atomic E-state index is -0.0828. The van der Waals surface area contributed by atoms with Gasteiger partial charge in [0.2, 0.25) is 0 Å². The fraction of sp³-hybridized carbons (Fsp3) is 0.444. The van der Waals surface area contributed by atoms with Crippen LogP contribution in [0.5, 0.6) is 0 Å². The quantitative estimate of drug-likeness (QED) is 0.636. The predicted molar refractivity (Wildman–Crippen MR) is 46.2 cm³/mol. The molecule has 1 rings (SSSR count). The molecule has 3 heteroatoms. The second-order valence-corrected chi connectivity index (χ2v) is 3.07. The Morgan fingerprint density at radius 1 is 1.42 bits per heavy atom. The van der Waals surface area contributed by atoms with E-state index < -0.39 is 0 Å². The van der Waals surface area contributed by atoms with Crippen molar-refractivity contribution in [3.8, 4) is 0 Å². The Labute approximate surface area is 72.0 Å². The van der Waals surface area contributed by atoms with Crippen molar-refractivity contribution in [3.63, 3.8) is 0 Å². The van der Waals surface area contributed by atoms with Gasteiger partial charge in [-0.2, -0.15) is 0 Å². The summed E-state index contributed by atoms with van der Waals surface area (Å²) in [5.74, 6) is 1.14. The van der Waals surface area contributed by atoms with Crippen molar-refractivity contribution in [2.75, 3.05) is 14.1 Å². The molecule has 0 radical (unpaired) electrons. The van der Waals surface area contributed by atoms with Crippen LogP contribution in [0.15, 0.2) is 10.5 Å². The third-order valence-electron chi connectivity index (χ3n) is 1.64. The van der Waals surface area contributed by atoms with E-state index in [0.29, 0.717) is 5.76 Å². The van der Waals surface area contributed by atoms with Crippen molar-refractivity contribution in [2.45, 2.75) is 13.8 Å². The number of hydrogen-bond donors (Lipinski definition) is 0. The Balaban J connectivity index is 3.02. The molecule has 0 bridgehead atoms. The number of furan rings is 1. The SMILES string of the molecule is Cc1cc(C)c(C(=O)N(C)C)o1. The molecule has 0 unspecified atom stereocenters. The molecule has 12 heavy (non-hydrogen) atoms. The highest BCUT2D eigenvalue weighted by molar-refractivity contribution is 5.92. The van der Waals surface area contributed by atoms with E-state index >= 15 is 0 Å². The minimum absolute atomic E-state index is 0.0828. The zero-order chi connectivity index (χ0) is 9.30. The fourth-order valence-corrected chi connectivity index (χ4v) is 1.06. The molecule has 0 atom stereocenters. The number of aryl methyl sites for hydroxylation is 2. The van der Waals surface area contributed by atoms with E-state index in [4.69, 9.17) is 4.42 Å². The molecular weight excluding hydrogens is 154 g/mol. The molecule has 3 nitrogen and oxygen atoms in total. The van der Waals surface area contributed by atoms with E-state index in [1.165, 1.54) is 4.90 Å². The molecule has 1 amide bonds. The molecule has 0 spiro atoms. The van der Waals surface area contributed by atoms with E-state index in [1.807, 2.05) is 19.9 Å². The zero-order valence-corrected chi connectivity index (χ0v) is 7.84. The molecule has 0 fully saturated rings. The van der Waals surface area contributed by atoms with Gasteiger partial charge in [-0.3, -0.25) is 4.79 Å². The monoisotopic (exact) mass is 167 g/mol. The van der Waals surface area contributed by atoms with Crippen LogP contribution in [0.25, 0.3) is 0 Å². The second kappa shape index (κ2) is 3.01. The van der Waals surface area contributed by atoms with Gasteiger partial charge in [-0.15, -0.1) is 0 Å². The Hall–Kier alpha value is -1.25. The number of amides is 1. The van der Waals surface area contributed by atoms with Gasteiger partial charge < -0.3 is 9.32 Å². The number of carbonyl (C=O) groups excluding carboxylic acids is 1. The molecule has 1 aromatic heterocycles. The Kier molecular flexibility index (Phi) is 2.22. The lowest BCUT2D eigenvalue weighted by Crippen LogP contribution is -2.21. The lowest BCUT2D eigenvalue weighted by molar-refractivity contribution is 0.0794. The topological polar surface area (TPSA) is 33.5 Å². The molecule has 0 aliphatic heterocycles. The highest BCUT2D eigenvalue weighted by Crippen LogP contribution is 2.14. The molecule has 1 heterocycles. The second-order valence-electron chi connectivity index (χ2n) is 3.07. The van der Waals surface area contributed by atoms with Gasteiger partial charge in [-0.1, -0.05) is 0 Å². The maximum Gasteiger partial charge on any atom is 0.289 e. The largest absolute Gasteiger partial charge is 0.456 e. The van der Waals surface area contributed by atoms with Crippen molar-refractivity contribution in [1.82, 2.24) is 4.90 Å². The van der Waals surface area contributed by atoms with Crippen molar-refractivity contribution >= 4 is 5.91 Å². The third-order valence-corrected chi connectivity index (χ3v) is 1.64. The summed E-state index contributed by atoms with van der Waals surface area (Å²) in [5.41, 5.74) is 0.895. The number of hydrogen-bond acceptors (Lipinski definition) is 2. The number of carbonyl (C=O) groups is 1. The first-order valence-corrected chi connectivity index (χ1v) is 3.81. The standard InChI is InChI=1S/C9H13NO2/c1-6-5-7(2)12-8(6)9(11)10(3)4/h5H,1-4H3. The normalized spacial score (nSPS) is 10.0. The lowest BCUT2D eigenvalue weighted by atomic mass is 10.2. The molecular formula is C9H13NO2. The predicted octanol–water partition coefficient (Wildman–Crippen LogP) is 1.60. The molecule has 0 saturated carbocycles. The first-order valence-electron chi connectivity index (χ1n) is 3.81. The summed E-state index contributed by atoms with van der Waals surface area (Å²) in [7, 11) is 3.42. The molecule has 0 aliphatic rings. The van der Waals surface area contributed by atoms with E-state index in [9.17, 15) is 4.79 Å². The summed E-state index contributed by atoms with van der Waals surface area (Å²) >= 11 is 0. The van der Waals surface area contributed by atoms with Crippen LogP contribution in [0.2, 0.25) is 0 Å². The van der Waals surface area contributed by atoms with Crippen molar-refractivity contribution in [3.05, 3.63) is 23.2 Å². The van der Waals surface area contributed by atoms with E-state index in [-0.39, 0.29) is 5.91 Å². The first-order chi connectivity index (χ1) is 5.52. The summed E-state index contributed by atoms with van der Waals surface area (Å²) in [6.45, 7) is 3.70. The van der Waals surface area contributed by atoms with Crippen LogP contribution in [0.3, 0.4) is 0 Å².